The second-order valence-corrected chi connectivity index (χ2v) is 8.43. The Hall–Kier alpha value is -2.51. The van der Waals surface area contributed by atoms with E-state index in [9.17, 15) is 26.8 Å². The number of hydrogen-bond donors (Lipinski definition) is 2. The average molecular weight is 491 g/mol. The minimum Gasteiger partial charge on any atom is -1.00 e. The van der Waals surface area contributed by atoms with Crippen molar-refractivity contribution in [2.24, 2.45) is 5.14 Å². The molecule has 0 aliphatic carbocycles. The van der Waals surface area contributed by atoms with E-state index in [1.165, 1.54) is 39.2 Å². The van der Waals surface area contributed by atoms with Crippen molar-refractivity contribution >= 4 is 33.0 Å². The van der Waals surface area contributed by atoms with Crippen molar-refractivity contribution < 1.29 is 62.1 Å². The van der Waals surface area contributed by atoms with Crippen LogP contribution in [-0.4, -0.2) is 33.5 Å². The van der Waals surface area contributed by atoms with Crippen molar-refractivity contribution in [3.8, 4) is 5.75 Å². The number of fused-ring (bicyclic) bond motifs is 1. The van der Waals surface area contributed by atoms with Gasteiger partial charge in [0.05, 0.1) is 5.69 Å². The maximum atomic E-state index is 14.7. The van der Waals surface area contributed by atoms with E-state index in [-0.39, 0.29) is 65.2 Å². The normalized spacial score (nSPS) is 11.1. The van der Waals surface area contributed by atoms with E-state index >= 15 is 0 Å². The second-order valence-electron chi connectivity index (χ2n) is 7.14. The number of nitrogens with two attached hydrogens (primary N) is 1. The fourth-order valence-corrected chi connectivity index (χ4v) is 3.46. The molecule has 0 saturated carbocycles. The Balaban J connectivity index is 0.00000289. The Labute approximate surface area is 211 Å². The van der Waals surface area contributed by atoms with E-state index in [4.69, 9.17) is 14.3 Å². The van der Waals surface area contributed by atoms with E-state index in [1.807, 2.05) is 4.72 Å². The molecule has 2 aromatic carbocycles. The van der Waals surface area contributed by atoms with Gasteiger partial charge in [0.1, 0.15) is 5.58 Å². The van der Waals surface area contributed by atoms with Crippen LogP contribution in [0.15, 0.2) is 39.5 Å². The first-order valence-electron chi connectivity index (χ1n) is 9.10. The van der Waals surface area contributed by atoms with Crippen molar-refractivity contribution in [2.45, 2.75) is 13.3 Å². The van der Waals surface area contributed by atoms with Crippen molar-refractivity contribution in [3.05, 3.63) is 69.1 Å². The molecule has 0 radical (unpaired) electrons. The minimum absolute atomic E-state index is 0. The Morgan fingerprint density at radius 3 is 2.55 bits per heavy atom. The SMILES string of the molecule is Cc1c(Cc2cccc(NS(N)(=O)=O)c2F)c(=O)oc2cc(OC(=O)N(C)C)c(F)cc12.[H-].[Na+]. The van der Waals surface area contributed by atoms with E-state index in [0.717, 1.165) is 17.0 Å². The summed E-state index contributed by atoms with van der Waals surface area (Å²) < 4.78 is 63.7. The molecule has 0 unspecified atom stereocenters. The van der Waals surface area contributed by atoms with Crippen LogP contribution in [0.2, 0.25) is 0 Å². The number of aryl methyl sites for hydroxylation is 1. The minimum atomic E-state index is -4.21. The van der Waals surface area contributed by atoms with E-state index in [2.05, 4.69) is 0 Å². The molecular formula is C20H20F2N3NaO6S. The molecule has 0 fully saturated rings. The van der Waals surface area contributed by atoms with E-state index in [0.29, 0.717) is 5.56 Å². The van der Waals surface area contributed by atoms with Crippen LogP contribution < -0.4 is 49.8 Å². The molecule has 1 heterocycles. The van der Waals surface area contributed by atoms with Crippen LogP contribution in [0, 0.1) is 18.6 Å². The molecule has 33 heavy (non-hydrogen) atoms. The molecule has 0 bridgehead atoms. The molecule has 13 heteroatoms. The summed E-state index contributed by atoms with van der Waals surface area (Å²) in [5.74, 6) is -2.20. The Kier molecular flexibility index (Phi) is 8.25. The number of anilines is 1. The summed E-state index contributed by atoms with van der Waals surface area (Å²) >= 11 is 0. The largest absolute Gasteiger partial charge is 1.00 e. The van der Waals surface area contributed by atoms with E-state index in [1.54, 1.807) is 0 Å². The molecule has 3 N–H and O–H groups in total. The average Bonchev–Trinajstić information content (AvgIpc) is 2.68. The molecule has 1 amide bonds. The maximum absolute atomic E-state index is 14.7. The van der Waals surface area contributed by atoms with Crippen molar-refractivity contribution in [3.63, 3.8) is 0 Å². The molecule has 3 aromatic rings. The third-order valence-corrected chi connectivity index (χ3v) is 5.10. The first-order chi connectivity index (χ1) is 14.9. The molecular weight excluding hydrogens is 471 g/mol. The predicted octanol–water partition coefficient (Wildman–Crippen LogP) is -0.237. The zero-order valence-corrected chi connectivity index (χ0v) is 21.0. The summed E-state index contributed by atoms with van der Waals surface area (Å²) in [7, 11) is -1.37. The molecule has 0 saturated heterocycles. The summed E-state index contributed by atoms with van der Waals surface area (Å²) in [5, 5.41) is 5.11. The standard InChI is InChI=1S/C20H19F2N3O6S.Na.H/c1-10-12-8-14(21)17(31-20(27)25(2)3)9-16(12)30-19(26)13(10)7-11-5-4-6-15(18(11)22)24-32(23,28)29;;/h4-6,8-9,24H,7H2,1-3H3,(H2,23,28,29);;/q;+1;-1. The van der Waals surface area contributed by atoms with Crippen LogP contribution in [-0.2, 0) is 16.6 Å². The smallest absolute Gasteiger partial charge is 1.00 e. The summed E-state index contributed by atoms with van der Waals surface area (Å²) in [4.78, 5) is 25.4. The number of amides is 1. The van der Waals surface area contributed by atoms with Gasteiger partial charge in [0, 0.05) is 37.5 Å². The molecule has 0 aliphatic heterocycles. The third kappa shape index (κ3) is 6.09. The van der Waals surface area contributed by atoms with Crippen molar-refractivity contribution in [1.29, 1.82) is 0 Å². The molecule has 3 rings (SSSR count). The van der Waals surface area contributed by atoms with Gasteiger partial charge in [-0.2, -0.15) is 8.42 Å². The van der Waals surface area contributed by atoms with Gasteiger partial charge in [-0.25, -0.2) is 23.5 Å². The van der Waals surface area contributed by atoms with Crippen LogP contribution in [0.3, 0.4) is 0 Å². The monoisotopic (exact) mass is 491 g/mol. The van der Waals surface area contributed by atoms with Gasteiger partial charge in [-0.3, -0.25) is 4.72 Å². The summed E-state index contributed by atoms with van der Waals surface area (Å²) in [6, 6.07) is 6.04. The zero-order valence-electron chi connectivity index (χ0n) is 19.2. The number of benzene rings is 2. The summed E-state index contributed by atoms with van der Waals surface area (Å²) in [5.41, 5.74) is -0.858. The van der Waals surface area contributed by atoms with Gasteiger partial charge < -0.3 is 15.5 Å². The fourth-order valence-electron chi connectivity index (χ4n) is 3.00. The maximum Gasteiger partial charge on any atom is 1.00 e. The van der Waals surface area contributed by atoms with Crippen molar-refractivity contribution in [1.82, 2.24) is 4.90 Å². The molecule has 1 aromatic heterocycles. The molecule has 0 spiro atoms. The van der Waals surface area contributed by atoms with Gasteiger partial charge in [0.25, 0.3) is 10.2 Å². The van der Waals surface area contributed by atoms with Crippen molar-refractivity contribution in [2.75, 3.05) is 18.8 Å². The van der Waals surface area contributed by atoms with Crippen LogP contribution in [0.25, 0.3) is 11.0 Å². The number of ether oxygens (including phenoxy) is 1. The number of carbonyl (C=O) groups excluding carboxylic acids is 1. The topological polar surface area (TPSA) is 132 Å². The Bertz CT molecular complexity index is 1400. The van der Waals surface area contributed by atoms with Crippen LogP contribution >= 0.6 is 0 Å². The first-order valence-corrected chi connectivity index (χ1v) is 10.6. The molecule has 9 nitrogen and oxygen atoms in total. The Morgan fingerprint density at radius 2 is 1.94 bits per heavy atom. The predicted molar refractivity (Wildman–Crippen MR) is 114 cm³/mol. The Morgan fingerprint density at radius 1 is 1.27 bits per heavy atom. The van der Waals surface area contributed by atoms with Crippen LogP contribution in [0.4, 0.5) is 19.3 Å². The van der Waals surface area contributed by atoms with Gasteiger partial charge in [-0.1, -0.05) is 12.1 Å². The number of halogens is 2. The number of rotatable bonds is 5. The fraction of sp³-hybridized carbons (Fsp3) is 0.200. The van der Waals surface area contributed by atoms with Crippen LogP contribution in [0.1, 0.15) is 18.1 Å². The third-order valence-electron chi connectivity index (χ3n) is 4.60. The quantitative estimate of drug-likeness (QED) is 0.374. The van der Waals surface area contributed by atoms with Gasteiger partial charge >= 0.3 is 41.3 Å². The van der Waals surface area contributed by atoms with Gasteiger partial charge in [-0.15, -0.1) is 0 Å². The molecule has 0 aliphatic rings. The zero-order chi connectivity index (χ0) is 23.8. The van der Waals surface area contributed by atoms with Gasteiger partial charge in [0.15, 0.2) is 17.4 Å². The van der Waals surface area contributed by atoms with Crippen LogP contribution in [0.5, 0.6) is 5.75 Å². The second kappa shape index (κ2) is 10.2. The molecule has 172 valence electrons. The molecule has 0 atom stereocenters. The summed E-state index contributed by atoms with van der Waals surface area (Å²) in [6.45, 7) is 1.53. The summed E-state index contributed by atoms with van der Waals surface area (Å²) in [6.07, 6.45) is -1.07. The van der Waals surface area contributed by atoms with Gasteiger partial charge in [0.2, 0.25) is 0 Å². The van der Waals surface area contributed by atoms with Gasteiger partial charge in [-0.05, 0) is 30.2 Å². The number of hydrogen-bond acceptors (Lipinski definition) is 6. The number of carbonyl (C=O) groups is 1. The number of nitrogens with zero attached hydrogens (tertiary/aromatic N) is 1. The van der Waals surface area contributed by atoms with E-state index < -0.39 is 39.3 Å². The first kappa shape index (κ1) is 26.7. The number of nitrogens with one attached hydrogen (secondary N) is 1.